The Balaban J connectivity index is 2.16. The maximum Gasteiger partial charge on any atom is 0.412 e. The second-order valence-electron chi connectivity index (χ2n) is 5.02. The topological polar surface area (TPSA) is 21.3 Å². The first-order valence-corrected chi connectivity index (χ1v) is 6.78. The Morgan fingerprint density at radius 1 is 1.05 bits per heavy atom. The summed E-state index contributed by atoms with van der Waals surface area (Å²) in [5.74, 6) is 0.604. The van der Waals surface area contributed by atoms with Crippen LogP contribution in [-0.2, 0) is 0 Å². The number of benzene rings is 2. The number of alkyl halides is 3. The van der Waals surface area contributed by atoms with E-state index in [1.54, 1.807) is 42.5 Å². The number of hydrogen-bond acceptors (Lipinski definition) is 2. The molecule has 3 rings (SSSR count). The molecule has 0 amide bonds. The van der Waals surface area contributed by atoms with Crippen LogP contribution in [0.4, 0.5) is 18.9 Å². The van der Waals surface area contributed by atoms with E-state index < -0.39 is 12.2 Å². The molecular weight excluding hydrogens is 291 g/mol. The van der Waals surface area contributed by atoms with Gasteiger partial charge < -0.3 is 10.1 Å². The number of anilines is 1. The monoisotopic (exact) mass is 305 g/mol. The third-order valence-corrected chi connectivity index (χ3v) is 3.60. The van der Waals surface area contributed by atoms with Crippen molar-refractivity contribution in [2.24, 2.45) is 0 Å². The molecule has 2 aromatic rings. The molecular formula is C17H14F3NO. The Bertz CT molecular complexity index is 708. The molecule has 0 radical (unpaired) electrons. The van der Waals surface area contributed by atoms with Gasteiger partial charge in [0.15, 0.2) is 0 Å². The van der Waals surface area contributed by atoms with Crippen LogP contribution in [0.15, 0.2) is 54.6 Å². The SMILES string of the molecule is COc1ccc2c(c1)C(c1ccccc1)=CC(C(F)(F)F)N2. The van der Waals surface area contributed by atoms with Gasteiger partial charge >= 0.3 is 6.18 Å². The number of halogens is 3. The largest absolute Gasteiger partial charge is 0.497 e. The zero-order valence-corrected chi connectivity index (χ0v) is 11.8. The fourth-order valence-electron chi connectivity index (χ4n) is 2.51. The summed E-state index contributed by atoms with van der Waals surface area (Å²) in [6.07, 6.45) is -3.13. The van der Waals surface area contributed by atoms with Crippen molar-refractivity contribution in [2.75, 3.05) is 12.4 Å². The third kappa shape index (κ3) is 2.66. The maximum atomic E-state index is 13.1. The van der Waals surface area contributed by atoms with Gasteiger partial charge in [-0.15, -0.1) is 0 Å². The molecule has 0 spiro atoms. The van der Waals surface area contributed by atoms with Crippen LogP contribution in [0.1, 0.15) is 11.1 Å². The number of hydrogen-bond donors (Lipinski definition) is 1. The quantitative estimate of drug-likeness (QED) is 0.883. The van der Waals surface area contributed by atoms with Crippen molar-refractivity contribution in [3.05, 3.63) is 65.7 Å². The summed E-state index contributed by atoms with van der Waals surface area (Å²) in [5, 5.41) is 2.53. The highest BCUT2D eigenvalue weighted by Gasteiger charge is 2.40. The zero-order valence-electron chi connectivity index (χ0n) is 11.8. The summed E-state index contributed by atoms with van der Waals surface area (Å²) in [6, 6.07) is 12.3. The summed E-state index contributed by atoms with van der Waals surface area (Å²) in [5.41, 5.74) is 2.44. The highest BCUT2D eigenvalue weighted by atomic mass is 19.4. The van der Waals surface area contributed by atoms with Gasteiger partial charge in [-0.25, -0.2) is 0 Å². The van der Waals surface area contributed by atoms with Gasteiger partial charge in [0.05, 0.1) is 7.11 Å². The van der Waals surface area contributed by atoms with Crippen molar-refractivity contribution in [3.63, 3.8) is 0 Å². The zero-order chi connectivity index (χ0) is 15.7. The molecule has 0 saturated carbocycles. The van der Waals surface area contributed by atoms with E-state index in [9.17, 15) is 13.2 Å². The average molecular weight is 305 g/mol. The van der Waals surface area contributed by atoms with E-state index in [4.69, 9.17) is 4.74 Å². The van der Waals surface area contributed by atoms with Crippen molar-refractivity contribution in [2.45, 2.75) is 12.2 Å². The lowest BCUT2D eigenvalue weighted by Gasteiger charge is -2.28. The molecule has 0 fully saturated rings. The minimum Gasteiger partial charge on any atom is -0.497 e. The van der Waals surface area contributed by atoms with Gasteiger partial charge in [-0.1, -0.05) is 30.3 Å². The molecule has 1 aliphatic heterocycles. The minimum atomic E-state index is -4.35. The van der Waals surface area contributed by atoms with Crippen LogP contribution >= 0.6 is 0 Å². The Kier molecular flexibility index (Phi) is 3.56. The van der Waals surface area contributed by atoms with Gasteiger partial charge in [-0.3, -0.25) is 0 Å². The summed E-state index contributed by atoms with van der Waals surface area (Å²) in [7, 11) is 1.53. The van der Waals surface area contributed by atoms with Crippen LogP contribution in [0.2, 0.25) is 0 Å². The van der Waals surface area contributed by atoms with Gasteiger partial charge in [0.25, 0.3) is 0 Å². The lowest BCUT2D eigenvalue weighted by Crippen LogP contribution is -2.36. The molecule has 0 aromatic heterocycles. The predicted octanol–water partition coefficient (Wildman–Crippen LogP) is 4.48. The average Bonchev–Trinajstić information content (AvgIpc) is 2.53. The van der Waals surface area contributed by atoms with Crippen LogP contribution in [0.5, 0.6) is 5.75 Å². The van der Waals surface area contributed by atoms with E-state index in [0.29, 0.717) is 22.6 Å². The first kappa shape index (κ1) is 14.5. The van der Waals surface area contributed by atoms with Crippen LogP contribution in [0.3, 0.4) is 0 Å². The van der Waals surface area contributed by atoms with Crippen molar-refractivity contribution in [1.82, 2.24) is 0 Å². The Hall–Kier alpha value is -2.43. The molecule has 1 heterocycles. The molecule has 2 nitrogen and oxygen atoms in total. The smallest absolute Gasteiger partial charge is 0.412 e. The molecule has 2 aromatic carbocycles. The van der Waals surface area contributed by atoms with Gasteiger partial charge in [-0.05, 0) is 35.4 Å². The second kappa shape index (κ2) is 5.40. The first-order valence-electron chi connectivity index (χ1n) is 6.78. The van der Waals surface area contributed by atoms with Crippen molar-refractivity contribution in [1.29, 1.82) is 0 Å². The van der Waals surface area contributed by atoms with Crippen LogP contribution in [0, 0.1) is 0 Å². The molecule has 114 valence electrons. The second-order valence-corrected chi connectivity index (χ2v) is 5.02. The highest BCUT2D eigenvalue weighted by Crippen LogP contribution is 2.39. The lowest BCUT2D eigenvalue weighted by atomic mass is 9.91. The Labute approximate surface area is 126 Å². The number of fused-ring (bicyclic) bond motifs is 1. The first-order chi connectivity index (χ1) is 10.5. The van der Waals surface area contributed by atoms with Gasteiger partial charge in [0.1, 0.15) is 11.8 Å². The minimum absolute atomic E-state index is 0.449. The fraction of sp³-hybridized carbons (Fsp3) is 0.176. The lowest BCUT2D eigenvalue weighted by molar-refractivity contribution is -0.132. The standard InChI is InChI=1S/C17H14F3NO/c1-22-12-7-8-15-14(9-12)13(11-5-3-2-4-6-11)10-16(21-15)17(18,19)20/h2-10,16,21H,1H3. The van der Waals surface area contributed by atoms with Crippen molar-refractivity contribution in [3.8, 4) is 5.75 Å². The van der Waals surface area contributed by atoms with E-state index in [1.165, 1.54) is 13.2 Å². The summed E-state index contributed by atoms with van der Waals surface area (Å²) in [6.45, 7) is 0. The number of rotatable bonds is 2. The Morgan fingerprint density at radius 3 is 2.41 bits per heavy atom. The molecule has 0 saturated heterocycles. The van der Waals surface area contributed by atoms with Gasteiger partial charge in [0, 0.05) is 11.3 Å². The maximum absolute atomic E-state index is 13.1. The third-order valence-electron chi connectivity index (χ3n) is 3.60. The number of ether oxygens (including phenoxy) is 1. The normalized spacial score (nSPS) is 17.3. The molecule has 1 unspecified atom stereocenters. The van der Waals surface area contributed by atoms with Crippen LogP contribution in [0.25, 0.3) is 5.57 Å². The van der Waals surface area contributed by atoms with Crippen LogP contribution in [-0.4, -0.2) is 19.3 Å². The molecule has 0 bridgehead atoms. The van der Waals surface area contributed by atoms with Gasteiger partial charge in [-0.2, -0.15) is 13.2 Å². The van der Waals surface area contributed by atoms with Crippen molar-refractivity contribution >= 4 is 11.3 Å². The highest BCUT2D eigenvalue weighted by molar-refractivity contribution is 5.89. The predicted molar refractivity (Wildman–Crippen MR) is 80.0 cm³/mol. The Morgan fingerprint density at radius 2 is 1.77 bits per heavy atom. The summed E-state index contributed by atoms with van der Waals surface area (Å²) < 4.78 is 44.6. The van der Waals surface area contributed by atoms with Crippen molar-refractivity contribution < 1.29 is 17.9 Å². The molecule has 1 atom stereocenters. The fourth-order valence-corrected chi connectivity index (χ4v) is 2.51. The molecule has 1 N–H and O–H groups in total. The number of nitrogens with one attached hydrogen (secondary N) is 1. The number of methoxy groups -OCH3 is 1. The molecule has 0 aliphatic carbocycles. The van der Waals surface area contributed by atoms with E-state index in [0.717, 1.165) is 5.56 Å². The van der Waals surface area contributed by atoms with E-state index in [-0.39, 0.29) is 0 Å². The van der Waals surface area contributed by atoms with E-state index in [2.05, 4.69) is 5.32 Å². The summed E-state index contributed by atoms with van der Waals surface area (Å²) in [4.78, 5) is 0. The summed E-state index contributed by atoms with van der Waals surface area (Å²) >= 11 is 0. The molecule has 22 heavy (non-hydrogen) atoms. The molecule has 5 heteroatoms. The van der Waals surface area contributed by atoms with Crippen LogP contribution < -0.4 is 10.1 Å². The van der Waals surface area contributed by atoms with E-state index in [1.807, 2.05) is 6.07 Å². The van der Waals surface area contributed by atoms with E-state index >= 15 is 0 Å². The van der Waals surface area contributed by atoms with Gasteiger partial charge in [0.2, 0.25) is 0 Å². The molecule has 1 aliphatic rings.